The molecule has 0 bridgehead atoms. The standard InChI is InChI=1S/C32H37N3O3S/c1-6-10-29-33-30-22(5)17-25(31(36)35(39)7-2)18-28(30)34(29)19-23-13-15-24(16-14-23)26-11-8-9-12-27(26)32(37)38-20-21(3)4/h8-9,11-18,21,39H,6-7,10,19-20H2,1-5H3. The molecule has 6 nitrogen and oxygen atoms in total. The summed E-state index contributed by atoms with van der Waals surface area (Å²) in [5.41, 5.74) is 6.92. The molecule has 0 saturated carbocycles. The van der Waals surface area contributed by atoms with Crippen molar-refractivity contribution in [1.29, 1.82) is 0 Å². The van der Waals surface area contributed by atoms with E-state index in [0.29, 0.717) is 30.8 Å². The highest BCUT2D eigenvalue weighted by molar-refractivity contribution is 7.78. The average Bonchev–Trinajstić information content (AvgIpc) is 3.28. The second-order valence-electron chi connectivity index (χ2n) is 10.3. The molecule has 1 aromatic heterocycles. The zero-order valence-electron chi connectivity index (χ0n) is 23.4. The first-order chi connectivity index (χ1) is 18.7. The summed E-state index contributed by atoms with van der Waals surface area (Å²) in [5.74, 6) is 0.853. The van der Waals surface area contributed by atoms with Gasteiger partial charge in [-0.05, 0) is 66.6 Å². The van der Waals surface area contributed by atoms with Crippen LogP contribution in [0.15, 0.2) is 60.7 Å². The highest BCUT2D eigenvalue weighted by Crippen LogP contribution is 2.28. The smallest absolute Gasteiger partial charge is 0.338 e. The van der Waals surface area contributed by atoms with Gasteiger partial charge in [0.2, 0.25) is 0 Å². The Balaban J connectivity index is 1.67. The van der Waals surface area contributed by atoms with Crippen LogP contribution in [0, 0.1) is 12.8 Å². The summed E-state index contributed by atoms with van der Waals surface area (Å²) in [6, 6.07) is 19.6. The quantitative estimate of drug-likeness (QED) is 0.171. The number of thiol groups is 1. The number of aromatic nitrogens is 2. The van der Waals surface area contributed by atoms with Gasteiger partial charge in [0.1, 0.15) is 5.82 Å². The van der Waals surface area contributed by atoms with E-state index in [4.69, 9.17) is 9.72 Å². The number of hydrogen-bond donors (Lipinski definition) is 1. The van der Waals surface area contributed by atoms with Crippen molar-refractivity contribution in [2.45, 2.75) is 54.0 Å². The lowest BCUT2D eigenvalue weighted by molar-refractivity contribution is 0.0459. The van der Waals surface area contributed by atoms with Gasteiger partial charge in [-0.3, -0.25) is 9.10 Å². The summed E-state index contributed by atoms with van der Waals surface area (Å²) in [5, 5.41) is 0. The molecule has 1 heterocycles. The molecule has 39 heavy (non-hydrogen) atoms. The van der Waals surface area contributed by atoms with Gasteiger partial charge in [0.05, 0.1) is 23.2 Å². The first kappa shape index (κ1) is 28.4. The Hall–Kier alpha value is -3.58. The predicted octanol–water partition coefficient (Wildman–Crippen LogP) is 7.13. The van der Waals surface area contributed by atoms with Crippen LogP contribution in [0.5, 0.6) is 0 Å². The lowest BCUT2D eigenvalue weighted by Gasteiger charge is -2.15. The van der Waals surface area contributed by atoms with Crippen molar-refractivity contribution in [3.63, 3.8) is 0 Å². The van der Waals surface area contributed by atoms with Gasteiger partial charge in [-0.1, -0.05) is 76.1 Å². The Morgan fingerprint density at radius 1 is 1.05 bits per heavy atom. The van der Waals surface area contributed by atoms with Crippen molar-refractivity contribution in [1.82, 2.24) is 13.9 Å². The van der Waals surface area contributed by atoms with E-state index in [1.807, 2.05) is 76.2 Å². The number of imidazole rings is 1. The zero-order valence-corrected chi connectivity index (χ0v) is 24.3. The lowest BCUT2D eigenvalue weighted by Crippen LogP contribution is -2.21. The first-order valence-electron chi connectivity index (χ1n) is 13.6. The lowest BCUT2D eigenvalue weighted by atomic mass is 9.98. The normalized spacial score (nSPS) is 11.3. The summed E-state index contributed by atoms with van der Waals surface area (Å²) in [7, 11) is 0. The molecule has 0 aliphatic carbocycles. The monoisotopic (exact) mass is 543 g/mol. The molecule has 0 unspecified atom stereocenters. The predicted molar refractivity (Wildman–Crippen MR) is 160 cm³/mol. The molecule has 4 aromatic rings. The van der Waals surface area contributed by atoms with Gasteiger partial charge in [0.25, 0.3) is 5.91 Å². The van der Waals surface area contributed by atoms with Gasteiger partial charge in [-0.25, -0.2) is 9.78 Å². The third-order valence-electron chi connectivity index (χ3n) is 6.68. The van der Waals surface area contributed by atoms with Crippen molar-refractivity contribution in [3.05, 3.63) is 88.7 Å². The Bertz CT molecular complexity index is 1470. The number of carbonyl (C=O) groups is 2. The molecular weight excluding hydrogens is 506 g/mol. The molecule has 3 aromatic carbocycles. The van der Waals surface area contributed by atoms with Crippen molar-refractivity contribution in [3.8, 4) is 11.1 Å². The maximum atomic E-state index is 12.9. The van der Waals surface area contributed by atoms with Gasteiger partial charge in [-0.15, -0.1) is 0 Å². The minimum Gasteiger partial charge on any atom is -0.462 e. The number of rotatable bonds is 10. The van der Waals surface area contributed by atoms with Crippen LogP contribution in [0.2, 0.25) is 0 Å². The van der Waals surface area contributed by atoms with Crippen molar-refractivity contribution in [2.24, 2.45) is 5.92 Å². The van der Waals surface area contributed by atoms with E-state index in [9.17, 15) is 9.59 Å². The van der Waals surface area contributed by atoms with Crippen LogP contribution < -0.4 is 0 Å². The van der Waals surface area contributed by atoms with Crippen molar-refractivity contribution >= 4 is 35.7 Å². The van der Waals surface area contributed by atoms with E-state index in [2.05, 4.69) is 36.4 Å². The summed E-state index contributed by atoms with van der Waals surface area (Å²) in [4.78, 5) is 30.6. The van der Waals surface area contributed by atoms with Crippen LogP contribution in [0.3, 0.4) is 0 Å². The van der Waals surface area contributed by atoms with Crippen LogP contribution in [0.4, 0.5) is 0 Å². The topological polar surface area (TPSA) is 64.4 Å². The average molecular weight is 544 g/mol. The molecule has 0 atom stereocenters. The molecule has 0 aliphatic rings. The van der Waals surface area contributed by atoms with Crippen molar-refractivity contribution in [2.75, 3.05) is 13.2 Å². The van der Waals surface area contributed by atoms with Crippen molar-refractivity contribution < 1.29 is 14.3 Å². The third kappa shape index (κ3) is 6.36. The Morgan fingerprint density at radius 3 is 2.44 bits per heavy atom. The van der Waals surface area contributed by atoms with Crippen LogP contribution in [-0.4, -0.2) is 38.9 Å². The Labute approximate surface area is 236 Å². The van der Waals surface area contributed by atoms with E-state index in [1.54, 1.807) is 0 Å². The zero-order chi connectivity index (χ0) is 28.1. The first-order valence-corrected chi connectivity index (χ1v) is 14.0. The van der Waals surface area contributed by atoms with E-state index < -0.39 is 0 Å². The van der Waals surface area contributed by atoms with E-state index >= 15 is 0 Å². The molecule has 0 spiro atoms. The fourth-order valence-electron chi connectivity index (χ4n) is 4.65. The number of amides is 1. The maximum Gasteiger partial charge on any atom is 0.338 e. The summed E-state index contributed by atoms with van der Waals surface area (Å²) >= 11 is 4.32. The number of esters is 1. The molecule has 0 N–H and O–H groups in total. The second kappa shape index (κ2) is 12.5. The molecule has 4 rings (SSSR count). The fourth-order valence-corrected chi connectivity index (χ4v) is 4.77. The molecule has 0 radical (unpaired) electrons. The molecule has 1 amide bonds. The number of aryl methyl sites for hydroxylation is 2. The third-order valence-corrected chi connectivity index (χ3v) is 7.14. The van der Waals surface area contributed by atoms with Crippen LogP contribution in [0.25, 0.3) is 22.2 Å². The number of hydrogen-bond acceptors (Lipinski definition) is 5. The van der Waals surface area contributed by atoms with Gasteiger partial charge in [0.15, 0.2) is 0 Å². The Morgan fingerprint density at radius 2 is 1.77 bits per heavy atom. The highest BCUT2D eigenvalue weighted by Gasteiger charge is 2.19. The number of nitrogens with zero attached hydrogens (tertiary/aromatic N) is 3. The van der Waals surface area contributed by atoms with E-state index in [-0.39, 0.29) is 17.8 Å². The van der Waals surface area contributed by atoms with E-state index in [1.165, 1.54) is 4.31 Å². The van der Waals surface area contributed by atoms with Crippen LogP contribution in [0.1, 0.15) is 71.8 Å². The number of ether oxygens (including phenoxy) is 1. The minimum absolute atomic E-state index is 0.120. The van der Waals surface area contributed by atoms with E-state index in [0.717, 1.165) is 52.0 Å². The largest absolute Gasteiger partial charge is 0.462 e. The highest BCUT2D eigenvalue weighted by atomic mass is 32.1. The van der Waals surface area contributed by atoms with Gasteiger partial charge in [-0.2, -0.15) is 0 Å². The van der Waals surface area contributed by atoms with Crippen LogP contribution >= 0.6 is 12.8 Å². The molecule has 0 saturated heterocycles. The summed E-state index contributed by atoms with van der Waals surface area (Å²) in [6.07, 6.45) is 1.81. The minimum atomic E-state index is -0.305. The summed E-state index contributed by atoms with van der Waals surface area (Å²) < 4.78 is 9.13. The second-order valence-corrected chi connectivity index (χ2v) is 10.8. The fraction of sp³-hybridized carbons (Fsp3) is 0.344. The van der Waals surface area contributed by atoms with Gasteiger partial charge in [0, 0.05) is 25.1 Å². The molecule has 0 aliphatic heterocycles. The number of carbonyl (C=O) groups excluding carboxylic acids is 2. The number of benzene rings is 3. The molecule has 0 fully saturated rings. The van der Waals surface area contributed by atoms with Gasteiger partial charge >= 0.3 is 5.97 Å². The molecule has 204 valence electrons. The molecule has 7 heteroatoms. The number of fused-ring (bicyclic) bond motifs is 1. The Kier molecular flexibility index (Phi) is 9.12. The van der Waals surface area contributed by atoms with Crippen LogP contribution in [-0.2, 0) is 17.7 Å². The maximum absolute atomic E-state index is 12.9. The molecular formula is C32H37N3O3S. The SMILES string of the molecule is CCCc1nc2c(C)cc(C(=O)N(S)CC)cc2n1Cc1ccc(-c2ccccc2C(=O)OCC(C)C)cc1. The van der Waals surface area contributed by atoms with Gasteiger partial charge < -0.3 is 9.30 Å². The summed E-state index contributed by atoms with van der Waals surface area (Å²) in [6.45, 7) is 11.6.